The van der Waals surface area contributed by atoms with Crippen molar-refractivity contribution in [2.45, 2.75) is 47.0 Å². The topological polar surface area (TPSA) is 34.1 Å². The summed E-state index contributed by atoms with van der Waals surface area (Å²) < 4.78 is 0. The minimum Gasteiger partial charge on any atom is -0.300 e. The number of aryl methyl sites for hydroxylation is 2. The van der Waals surface area contributed by atoms with Gasteiger partial charge in [-0.1, -0.05) is 18.6 Å². The van der Waals surface area contributed by atoms with Crippen molar-refractivity contribution >= 4 is 11.6 Å². The van der Waals surface area contributed by atoms with Crippen molar-refractivity contribution in [2.75, 3.05) is 0 Å². The molecule has 0 N–H and O–H groups in total. The Kier molecular flexibility index (Phi) is 3.14. The molecule has 0 aliphatic heterocycles. The Bertz CT molecular complexity index is 528. The summed E-state index contributed by atoms with van der Waals surface area (Å²) in [6, 6.07) is 4.10. The molecule has 0 aromatic heterocycles. The fraction of sp³-hybridized carbons (Fsp3) is 0.500. The number of fused-ring (bicyclic) bond motifs is 1. The third kappa shape index (κ3) is 2.12. The third-order valence-corrected chi connectivity index (χ3v) is 3.98. The van der Waals surface area contributed by atoms with E-state index in [1.807, 2.05) is 19.9 Å². The molecule has 0 fully saturated rings. The number of hydrogen-bond acceptors (Lipinski definition) is 2. The number of hydrogen-bond donors (Lipinski definition) is 0. The lowest BCUT2D eigenvalue weighted by atomic mass is 9.68. The summed E-state index contributed by atoms with van der Waals surface area (Å²) in [4.78, 5) is 24.0. The first-order valence-electron chi connectivity index (χ1n) is 6.48. The van der Waals surface area contributed by atoms with Gasteiger partial charge in [0, 0.05) is 17.4 Å². The van der Waals surface area contributed by atoms with Crippen molar-refractivity contribution < 1.29 is 9.59 Å². The maximum atomic E-state index is 12.6. The molecule has 2 nitrogen and oxygen atoms in total. The molecule has 2 heteroatoms. The van der Waals surface area contributed by atoms with Crippen LogP contribution in [0, 0.1) is 19.3 Å². The Morgan fingerprint density at radius 3 is 2.61 bits per heavy atom. The van der Waals surface area contributed by atoms with Crippen molar-refractivity contribution in [3.63, 3.8) is 0 Å². The quantitative estimate of drug-likeness (QED) is 0.798. The second-order valence-electron chi connectivity index (χ2n) is 5.88. The maximum absolute atomic E-state index is 12.6. The highest BCUT2D eigenvalue weighted by atomic mass is 16.1. The van der Waals surface area contributed by atoms with Gasteiger partial charge in [0.05, 0.1) is 0 Å². The highest BCUT2D eigenvalue weighted by Gasteiger charge is 2.39. The molecular weight excluding hydrogens is 224 g/mol. The van der Waals surface area contributed by atoms with E-state index in [0.717, 1.165) is 24.0 Å². The number of benzene rings is 1. The van der Waals surface area contributed by atoms with Gasteiger partial charge in [-0.15, -0.1) is 0 Å². The maximum Gasteiger partial charge on any atom is 0.169 e. The zero-order valence-corrected chi connectivity index (χ0v) is 11.6. The molecule has 1 aromatic rings. The molecule has 1 aliphatic carbocycles. The van der Waals surface area contributed by atoms with Crippen LogP contribution < -0.4 is 0 Å². The zero-order valence-electron chi connectivity index (χ0n) is 11.6. The van der Waals surface area contributed by atoms with Crippen LogP contribution in [0.2, 0.25) is 0 Å². The summed E-state index contributed by atoms with van der Waals surface area (Å²) in [5, 5.41) is 0. The Morgan fingerprint density at radius 2 is 2.00 bits per heavy atom. The second kappa shape index (κ2) is 4.34. The van der Waals surface area contributed by atoms with Crippen LogP contribution in [-0.4, -0.2) is 11.6 Å². The fourth-order valence-corrected chi connectivity index (χ4v) is 3.09. The van der Waals surface area contributed by atoms with Crippen molar-refractivity contribution in [3.8, 4) is 0 Å². The monoisotopic (exact) mass is 244 g/mol. The molecule has 0 radical (unpaired) electrons. The van der Waals surface area contributed by atoms with Crippen LogP contribution in [0.1, 0.15) is 53.7 Å². The average molecular weight is 244 g/mol. The Morgan fingerprint density at radius 1 is 1.33 bits per heavy atom. The Balaban J connectivity index is 2.48. The van der Waals surface area contributed by atoms with Crippen molar-refractivity contribution in [2.24, 2.45) is 5.41 Å². The molecule has 0 saturated heterocycles. The summed E-state index contributed by atoms with van der Waals surface area (Å²) >= 11 is 0. The normalized spacial score (nSPS) is 22.8. The smallest absolute Gasteiger partial charge is 0.169 e. The molecule has 0 spiro atoms. The molecule has 1 aromatic carbocycles. The first-order valence-corrected chi connectivity index (χ1v) is 6.48. The summed E-state index contributed by atoms with van der Waals surface area (Å²) in [5.74, 6) is 0.240. The molecule has 0 saturated carbocycles. The van der Waals surface area contributed by atoms with Gasteiger partial charge in [0.25, 0.3) is 0 Å². The van der Waals surface area contributed by atoms with Gasteiger partial charge in [0.1, 0.15) is 5.78 Å². The minimum atomic E-state index is -0.501. The zero-order chi connectivity index (χ0) is 13.5. The standard InChI is InChI=1S/C16H20O2/c1-10-7-11(2)13-5-6-16(4,9-12(3)17)15(18)14(13)8-10/h7-8H,5-6,9H2,1-4H3/t16-/m0/s1. The summed E-state index contributed by atoms with van der Waals surface area (Å²) in [6.45, 7) is 7.57. The number of carbonyl (C=O) groups excluding carboxylic acids is 2. The van der Waals surface area contributed by atoms with Crippen LogP contribution in [0.4, 0.5) is 0 Å². The van der Waals surface area contributed by atoms with Crippen LogP contribution in [0.5, 0.6) is 0 Å². The van der Waals surface area contributed by atoms with Gasteiger partial charge in [0.2, 0.25) is 0 Å². The number of carbonyl (C=O) groups is 2. The van der Waals surface area contributed by atoms with Crippen LogP contribution >= 0.6 is 0 Å². The molecule has 0 amide bonds. The largest absolute Gasteiger partial charge is 0.300 e. The van der Waals surface area contributed by atoms with Crippen LogP contribution in [0.3, 0.4) is 0 Å². The van der Waals surface area contributed by atoms with Gasteiger partial charge in [-0.3, -0.25) is 9.59 Å². The third-order valence-electron chi connectivity index (χ3n) is 3.98. The van der Waals surface area contributed by atoms with E-state index >= 15 is 0 Å². The second-order valence-corrected chi connectivity index (χ2v) is 5.88. The first-order chi connectivity index (χ1) is 8.33. The van der Waals surface area contributed by atoms with Gasteiger partial charge < -0.3 is 0 Å². The molecule has 1 aliphatic rings. The van der Waals surface area contributed by atoms with Gasteiger partial charge in [-0.05, 0) is 50.8 Å². The van der Waals surface area contributed by atoms with E-state index in [-0.39, 0.29) is 11.6 Å². The molecule has 96 valence electrons. The molecule has 0 bridgehead atoms. The Hall–Kier alpha value is -1.44. The van der Waals surface area contributed by atoms with Crippen molar-refractivity contribution in [1.82, 2.24) is 0 Å². The molecule has 2 rings (SSSR count). The SMILES string of the molecule is CC(=O)C[C@]1(C)CCc2c(C)cc(C)cc2C1=O. The molecular formula is C16H20O2. The predicted molar refractivity (Wildman–Crippen MR) is 72.0 cm³/mol. The van der Waals surface area contributed by atoms with Crippen LogP contribution in [0.25, 0.3) is 0 Å². The van der Waals surface area contributed by atoms with Gasteiger partial charge >= 0.3 is 0 Å². The first kappa shape index (κ1) is 13.0. The average Bonchev–Trinajstić information content (AvgIpc) is 2.23. The molecule has 0 heterocycles. The van der Waals surface area contributed by atoms with E-state index in [4.69, 9.17) is 0 Å². The van der Waals surface area contributed by atoms with E-state index < -0.39 is 5.41 Å². The summed E-state index contributed by atoms with van der Waals surface area (Å²) in [5.41, 5.74) is 3.82. The lowest BCUT2D eigenvalue weighted by Crippen LogP contribution is -2.35. The molecule has 0 unspecified atom stereocenters. The minimum absolute atomic E-state index is 0.0960. The summed E-state index contributed by atoms with van der Waals surface area (Å²) in [6.07, 6.45) is 2.04. The lowest BCUT2D eigenvalue weighted by Gasteiger charge is -2.33. The van der Waals surface area contributed by atoms with Crippen molar-refractivity contribution in [3.05, 3.63) is 34.4 Å². The van der Waals surface area contributed by atoms with Gasteiger partial charge in [-0.25, -0.2) is 0 Å². The highest BCUT2D eigenvalue weighted by Crippen LogP contribution is 2.39. The van der Waals surface area contributed by atoms with E-state index in [2.05, 4.69) is 13.0 Å². The fourth-order valence-electron chi connectivity index (χ4n) is 3.09. The number of ketones is 2. The number of rotatable bonds is 2. The number of Topliss-reactive ketones (excluding diaryl/α,β-unsaturated/α-hetero) is 2. The van der Waals surface area contributed by atoms with E-state index in [1.165, 1.54) is 11.1 Å². The summed E-state index contributed by atoms with van der Waals surface area (Å²) in [7, 11) is 0. The van der Waals surface area contributed by atoms with E-state index in [1.54, 1.807) is 6.92 Å². The molecule has 18 heavy (non-hydrogen) atoms. The van der Waals surface area contributed by atoms with Crippen LogP contribution in [0.15, 0.2) is 12.1 Å². The van der Waals surface area contributed by atoms with E-state index in [0.29, 0.717) is 6.42 Å². The predicted octanol–water partition coefficient (Wildman–Crippen LogP) is 3.42. The Labute approximate surface area is 108 Å². The van der Waals surface area contributed by atoms with Gasteiger partial charge in [0.15, 0.2) is 5.78 Å². The van der Waals surface area contributed by atoms with Crippen molar-refractivity contribution in [1.29, 1.82) is 0 Å². The van der Waals surface area contributed by atoms with E-state index in [9.17, 15) is 9.59 Å². The van der Waals surface area contributed by atoms with Gasteiger partial charge in [-0.2, -0.15) is 0 Å². The van der Waals surface area contributed by atoms with Crippen LogP contribution in [-0.2, 0) is 11.2 Å². The lowest BCUT2D eigenvalue weighted by molar-refractivity contribution is -0.118. The molecule has 1 atom stereocenters. The highest BCUT2D eigenvalue weighted by molar-refractivity contribution is 6.04.